The molecule has 0 bridgehead atoms. The van der Waals surface area contributed by atoms with Gasteiger partial charge in [0.1, 0.15) is 12.6 Å². The van der Waals surface area contributed by atoms with Crippen molar-refractivity contribution in [1.82, 2.24) is 10.6 Å². The lowest BCUT2D eigenvalue weighted by atomic mass is 9.80. The van der Waals surface area contributed by atoms with Crippen molar-refractivity contribution in [2.75, 3.05) is 6.61 Å². The highest BCUT2D eigenvalue weighted by Crippen LogP contribution is 2.32. The van der Waals surface area contributed by atoms with Gasteiger partial charge in [-0.25, -0.2) is 4.79 Å². The van der Waals surface area contributed by atoms with E-state index in [1.165, 1.54) is 0 Å². The molecule has 1 fully saturated rings. The molecule has 1 heterocycles. The summed E-state index contributed by atoms with van der Waals surface area (Å²) in [5, 5.41) is 25.6. The van der Waals surface area contributed by atoms with Crippen molar-refractivity contribution in [3.8, 4) is 0 Å². The Bertz CT molecular complexity index is 664. The predicted octanol–water partition coefficient (Wildman–Crippen LogP) is 1.16. The van der Waals surface area contributed by atoms with Crippen molar-refractivity contribution in [2.24, 2.45) is 11.3 Å². The van der Waals surface area contributed by atoms with Crippen molar-refractivity contribution in [3.63, 3.8) is 0 Å². The van der Waals surface area contributed by atoms with Gasteiger partial charge in [-0.3, -0.25) is 4.79 Å². The minimum absolute atomic E-state index is 0.0270. The molecule has 0 saturated carbocycles. The van der Waals surface area contributed by atoms with Crippen molar-refractivity contribution in [3.05, 3.63) is 35.9 Å². The molecule has 1 aliphatic heterocycles. The van der Waals surface area contributed by atoms with E-state index in [0.717, 1.165) is 5.56 Å². The van der Waals surface area contributed by atoms with Crippen LogP contribution in [0.5, 0.6) is 0 Å². The third kappa shape index (κ3) is 5.43. The molecule has 0 aliphatic carbocycles. The third-order valence-corrected chi connectivity index (χ3v) is 4.98. The molecule has 1 aromatic carbocycles. The summed E-state index contributed by atoms with van der Waals surface area (Å²) in [6, 6.07) is 7.68. The fourth-order valence-electron chi connectivity index (χ4n) is 2.99. The number of nitrogens with one attached hydrogen (secondary N) is 2. The fourth-order valence-corrected chi connectivity index (χ4v) is 2.99. The predicted molar refractivity (Wildman–Crippen MR) is 102 cm³/mol. The largest absolute Gasteiger partial charge is 0.445 e. The van der Waals surface area contributed by atoms with Gasteiger partial charge in [0.15, 0.2) is 6.29 Å². The summed E-state index contributed by atoms with van der Waals surface area (Å²) in [5.74, 6) is -0.656. The minimum Gasteiger partial charge on any atom is -0.445 e. The molecule has 2 rings (SSSR count). The van der Waals surface area contributed by atoms with E-state index in [0.29, 0.717) is 0 Å². The number of hydrogen-bond acceptors (Lipinski definition) is 6. The van der Waals surface area contributed by atoms with Gasteiger partial charge in [0.25, 0.3) is 0 Å². The molecule has 2 amide bonds. The zero-order chi connectivity index (χ0) is 20.9. The zero-order valence-corrected chi connectivity index (χ0v) is 16.7. The second-order valence-corrected chi connectivity index (χ2v) is 7.99. The summed E-state index contributed by atoms with van der Waals surface area (Å²) in [6.07, 6.45) is -2.82. The van der Waals surface area contributed by atoms with Crippen LogP contribution < -0.4 is 10.6 Å². The average molecular weight is 394 g/mol. The average Bonchev–Trinajstić information content (AvgIpc) is 2.66. The molecule has 4 N–H and O–H groups in total. The molecule has 1 aliphatic rings. The molecule has 156 valence electrons. The van der Waals surface area contributed by atoms with Gasteiger partial charge in [0.05, 0.1) is 18.8 Å². The Balaban J connectivity index is 1.93. The van der Waals surface area contributed by atoms with E-state index in [-0.39, 0.29) is 19.1 Å². The molecule has 8 nitrogen and oxygen atoms in total. The van der Waals surface area contributed by atoms with Crippen LogP contribution in [0.1, 0.15) is 33.3 Å². The number of benzene rings is 1. The lowest BCUT2D eigenvalue weighted by Crippen LogP contribution is -2.63. The van der Waals surface area contributed by atoms with Crippen LogP contribution in [-0.4, -0.2) is 53.3 Å². The number of aliphatic hydroxyl groups is 2. The first kappa shape index (κ1) is 22.1. The number of ether oxygens (including phenoxy) is 2. The molecule has 0 aromatic heterocycles. The number of hydrogen-bond donors (Lipinski definition) is 4. The van der Waals surface area contributed by atoms with Crippen LogP contribution in [-0.2, 0) is 20.9 Å². The molecule has 28 heavy (non-hydrogen) atoms. The molecule has 8 heteroatoms. The van der Waals surface area contributed by atoms with Crippen molar-refractivity contribution in [1.29, 1.82) is 0 Å². The van der Waals surface area contributed by atoms with E-state index in [1.54, 1.807) is 27.7 Å². The summed E-state index contributed by atoms with van der Waals surface area (Å²) in [6.45, 7) is 6.97. The maximum atomic E-state index is 12.7. The first-order valence-electron chi connectivity index (χ1n) is 9.38. The smallest absolute Gasteiger partial charge is 0.408 e. The van der Waals surface area contributed by atoms with Gasteiger partial charge in [0, 0.05) is 5.41 Å². The van der Waals surface area contributed by atoms with Crippen molar-refractivity contribution in [2.45, 2.75) is 58.8 Å². The van der Waals surface area contributed by atoms with E-state index in [4.69, 9.17) is 9.47 Å². The third-order valence-electron chi connectivity index (χ3n) is 4.98. The van der Waals surface area contributed by atoms with Crippen LogP contribution in [0.4, 0.5) is 4.79 Å². The molecule has 1 unspecified atom stereocenters. The summed E-state index contributed by atoms with van der Waals surface area (Å²) in [7, 11) is 0. The zero-order valence-electron chi connectivity index (χ0n) is 16.7. The second kappa shape index (κ2) is 9.36. The Morgan fingerprint density at radius 2 is 1.89 bits per heavy atom. The standard InChI is InChI=1S/C20H30N2O6/c1-12(2)15(22-19(26)28-10-13-8-6-5-7-9-13)17(24)21-14-11-27-18(25)20(3,4)16(14)23/h5-9,12,14-16,18,23,25H,10-11H2,1-4H3,(H,21,24)(H,22,26)/t14-,15-,16+,18?/m0/s1. The first-order valence-corrected chi connectivity index (χ1v) is 9.38. The van der Waals surface area contributed by atoms with Crippen molar-refractivity contribution >= 4 is 12.0 Å². The fraction of sp³-hybridized carbons (Fsp3) is 0.600. The van der Waals surface area contributed by atoms with Crippen LogP contribution >= 0.6 is 0 Å². The van der Waals surface area contributed by atoms with Crippen LogP contribution in [0, 0.1) is 11.3 Å². The van der Waals surface area contributed by atoms with Crippen LogP contribution in [0.25, 0.3) is 0 Å². The van der Waals surface area contributed by atoms with E-state index >= 15 is 0 Å². The normalized spacial score (nSPS) is 25.0. The Morgan fingerprint density at radius 3 is 2.50 bits per heavy atom. The molecule has 1 aromatic rings. The number of amides is 2. The van der Waals surface area contributed by atoms with Crippen LogP contribution in [0.2, 0.25) is 0 Å². The molecule has 4 atom stereocenters. The number of alkyl carbamates (subject to hydrolysis) is 1. The molecular weight excluding hydrogens is 364 g/mol. The maximum Gasteiger partial charge on any atom is 0.408 e. The highest BCUT2D eigenvalue weighted by atomic mass is 16.6. The van der Waals surface area contributed by atoms with Gasteiger partial charge in [-0.1, -0.05) is 58.0 Å². The van der Waals surface area contributed by atoms with Gasteiger partial charge in [0.2, 0.25) is 5.91 Å². The Morgan fingerprint density at radius 1 is 1.25 bits per heavy atom. The number of rotatable bonds is 6. The van der Waals surface area contributed by atoms with E-state index in [9.17, 15) is 19.8 Å². The minimum atomic E-state index is -1.12. The highest BCUT2D eigenvalue weighted by Gasteiger charge is 2.46. The Kier molecular flexibility index (Phi) is 7.40. The van der Waals surface area contributed by atoms with Gasteiger partial charge in [-0.2, -0.15) is 0 Å². The lowest BCUT2D eigenvalue weighted by Gasteiger charge is -2.44. The quantitative estimate of drug-likeness (QED) is 0.575. The molecule has 1 saturated heterocycles. The van der Waals surface area contributed by atoms with Crippen LogP contribution in [0.3, 0.4) is 0 Å². The van der Waals surface area contributed by atoms with Gasteiger partial charge in [-0.15, -0.1) is 0 Å². The summed E-state index contributed by atoms with van der Waals surface area (Å²) in [4.78, 5) is 24.8. The summed E-state index contributed by atoms with van der Waals surface area (Å²) < 4.78 is 10.4. The Hall–Kier alpha value is -2.16. The molecular formula is C20H30N2O6. The van der Waals surface area contributed by atoms with E-state index in [1.807, 2.05) is 30.3 Å². The van der Waals surface area contributed by atoms with Gasteiger partial charge in [-0.05, 0) is 11.5 Å². The lowest BCUT2D eigenvalue weighted by molar-refractivity contribution is -0.239. The van der Waals surface area contributed by atoms with Gasteiger partial charge >= 0.3 is 6.09 Å². The molecule has 0 spiro atoms. The number of carbonyl (C=O) groups is 2. The summed E-state index contributed by atoms with van der Waals surface area (Å²) in [5.41, 5.74) is -0.0996. The summed E-state index contributed by atoms with van der Waals surface area (Å²) >= 11 is 0. The van der Waals surface area contributed by atoms with Crippen molar-refractivity contribution < 1.29 is 29.3 Å². The first-order chi connectivity index (χ1) is 13.1. The van der Waals surface area contributed by atoms with E-state index in [2.05, 4.69) is 10.6 Å². The highest BCUT2D eigenvalue weighted by molar-refractivity contribution is 5.86. The number of carbonyl (C=O) groups excluding carboxylic acids is 2. The SMILES string of the molecule is CC(C)[C@H](NC(=O)OCc1ccccc1)C(=O)N[C@H]1COC(O)C(C)(C)[C@@H]1O. The van der Waals surface area contributed by atoms with E-state index < -0.39 is 41.9 Å². The topological polar surface area (TPSA) is 117 Å². The Labute approximate surface area is 165 Å². The number of aliphatic hydroxyl groups excluding tert-OH is 2. The van der Waals surface area contributed by atoms with Gasteiger partial charge < -0.3 is 30.3 Å². The second-order valence-electron chi connectivity index (χ2n) is 7.99. The monoisotopic (exact) mass is 394 g/mol. The maximum absolute atomic E-state index is 12.7. The van der Waals surface area contributed by atoms with Crippen LogP contribution in [0.15, 0.2) is 30.3 Å². The molecule has 0 radical (unpaired) electrons.